The Morgan fingerprint density at radius 3 is 2.03 bits per heavy atom. The topological polar surface area (TPSA) is 59.1 Å². The molecule has 2 aromatic carbocycles. The first-order chi connectivity index (χ1) is 14.6. The lowest BCUT2D eigenvalue weighted by Gasteiger charge is -2.35. The number of ether oxygens (including phenoxy) is 2. The summed E-state index contributed by atoms with van der Waals surface area (Å²) < 4.78 is 11.4. The molecule has 1 saturated heterocycles. The lowest BCUT2D eigenvalue weighted by molar-refractivity contribution is -0.140. The van der Waals surface area contributed by atoms with Crippen molar-refractivity contribution >= 4 is 11.8 Å². The van der Waals surface area contributed by atoms with E-state index in [9.17, 15) is 9.59 Å². The third-order valence-electron chi connectivity index (χ3n) is 5.20. The van der Waals surface area contributed by atoms with Crippen molar-refractivity contribution in [2.24, 2.45) is 0 Å². The summed E-state index contributed by atoms with van der Waals surface area (Å²) in [6.45, 7) is 5.23. The first-order valence-corrected chi connectivity index (χ1v) is 10.6. The molecule has 2 aromatic rings. The van der Waals surface area contributed by atoms with E-state index < -0.39 is 0 Å². The van der Waals surface area contributed by atoms with Crippen molar-refractivity contribution in [1.82, 2.24) is 9.80 Å². The quantitative estimate of drug-likeness (QED) is 0.595. The summed E-state index contributed by atoms with van der Waals surface area (Å²) in [5.74, 6) is 1.84. The molecule has 0 spiro atoms. The number of para-hydroxylation sites is 2. The predicted octanol–water partition coefficient (Wildman–Crippen LogP) is 3.29. The Hall–Kier alpha value is -3.02. The van der Waals surface area contributed by atoms with E-state index in [1.54, 1.807) is 0 Å². The zero-order chi connectivity index (χ0) is 21.2. The average Bonchev–Trinajstić information content (AvgIpc) is 2.78. The van der Waals surface area contributed by atoms with Crippen molar-refractivity contribution < 1.29 is 19.1 Å². The van der Waals surface area contributed by atoms with Gasteiger partial charge < -0.3 is 19.3 Å². The summed E-state index contributed by atoms with van der Waals surface area (Å²) in [7, 11) is 0. The molecule has 1 fully saturated rings. The van der Waals surface area contributed by atoms with Gasteiger partial charge >= 0.3 is 0 Å². The number of rotatable bonds is 9. The van der Waals surface area contributed by atoms with E-state index in [0.29, 0.717) is 58.7 Å². The first kappa shape index (κ1) is 21.7. The van der Waals surface area contributed by atoms with E-state index in [-0.39, 0.29) is 11.8 Å². The largest absolute Gasteiger partial charge is 0.493 e. The molecule has 1 aliphatic heterocycles. The minimum Gasteiger partial charge on any atom is -0.493 e. The second kappa shape index (κ2) is 11.2. The highest BCUT2D eigenvalue weighted by molar-refractivity contribution is 5.78. The molecule has 0 aromatic heterocycles. The molecule has 2 amide bonds. The number of hydrogen-bond acceptors (Lipinski definition) is 4. The van der Waals surface area contributed by atoms with Crippen molar-refractivity contribution in [2.45, 2.75) is 26.2 Å². The van der Waals surface area contributed by atoms with Crippen LogP contribution < -0.4 is 9.47 Å². The highest BCUT2D eigenvalue weighted by Crippen LogP contribution is 2.16. The van der Waals surface area contributed by atoms with Gasteiger partial charge in [-0.2, -0.15) is 0 Å². The van der Waals surface area contributed by atoms with Crippen LogP contribution in [0.3, 0.4) is 0 Å². The van der Waals surface area contributed by atoms with Gasteiger partial charge in [-0.25, -0.2) is 0 Å². The first-order valence-electron chi connectivity index (χ1n) is 10.6. The van der Waals surface area contributed by atoms with Crippen LogP contribution >= 0.6 is 0 Å². The molecular formula is C24H30N2O4. The molecule has 0 radical (unpaired) electrons. The number of carbonyl (C=O) groups is 2. The number of aryl methyl sites for hydroxylation is 1. The van der Waals surface area contributed by atoms with E-state index in [1.165, 1.54) is 0 Å². The second-order valence-electron chi connectivity index (χ2n) is 7.39. The Bertz CT molecular complexity index is 817. The number of hydrogen-bond donors (Lipinski definition) is 0. The van der Waals surface area contributed by atoms with Crippen molar-refractivity contribution in [2.75, 3.05) is 39.4 Å². The van der Waals surface area contributed by atoms with Crippen LogP contribution in [-0.4, -0.2) is 61.0 Å². The fraction of sp³-hybridized carbons (Fsp3) is 0.417. The third-order valence-corrected chi connectivity index (χ3v) is 5.20. The number of nitrogens with zero attached hydrogens (tertiary/aromatic N) is 2. The molecule has 30 heavy (non-hydrogen) atoms. The molecule has 0 atom stereocenters. The molecule has 0 bridgehead atoms. The van der Waals surface area contributed by atoms with Crippen molar-refractivity contribution in [3.63, 3.8) is 0 Å². The van der Waals surface area contributed by atoms with Crippen molar-refractivity contribution in [3.8, 4) is 11.5 Å². The van der Waals surface area contributed by atoms with E-state index in [2.05, 4.69) is 0 Å². The maximum absolute atomic E-state index is 12.4. The van der Waals surface area contributed by atoms with Gasteiger partial charge in [-0.05, 0) is 37.1 Å². The molecule has 160 valence electrons. The number of piperazine rings is 1. The van der Waals surface area contributed by atoms with Gasteiger partial charge in [0.1, 0.15) is 11.5 Å². The molecular weight excluding hydrogens is 380 g/mol. The molecule has 1 aliphatic rings. The Kier molecular flexibility index (Phi) is 8.12. The standard InChI is InChI=1S/C24H30N2O4/c1-20-8-5-6-11-22(20)30-18-7-12-23(27)25-14-16-26(17-15-25)24(28)13-19-29-21-9-3-2-4-10-21/h2-6,8-11H,7,12-19H2,1H3. The summed E-state index contributed by atoms with van der Waals surface area (Å²) in [6, 6.07) is 17.4. The van der Waals surface area contributed by atoms with Crippen LogP contribution in [0, 0.1) is 6.92 Å². The van der Waals surface area contributed by atoms with Crippen LogP contribution in [0.1, 0.15) is 24.8 Å². The van der Waals surface area contributed by atoms with Crippen LogP contribution in [0.15, 0.2) is 54.6 Å². The fourth-order valence-corrected chi connectivity index (χ4v) is 3.42. The van der Waals surface area contributed by atoms with Crippen LogP contribution in [0.4, 0.5) is 0 Å². The molecule has 3 rings (SSSR count). The third kappa shape index (κ3) is 6.51. The normalized spacial score (nSPS) is 13.8. The highest BCUT2D eigenvalue weighted by Gasteiger charge is 2.23. The molecule has 6 nitrogen and oxygen atoms in total. The average molecular weight is 411 g/mol. The van der Waals surface area contributed by atoms with Gasteiger partial charge in [0.15, 0.2) is 0 Å². The van der Waals surface area contributed by atoms with Gasteiger partial charge in [0.2, 0.25) is 11.8 Å². The van der Waals surface area contributed by atoms with Crippen molar-refractivity contribution in [3.05, 3.63) is 60.2 Å². The second-order valence-corrected chi connectivity index (χ2v) is 7.39. The van der Waals surface area contributed by atoms with Crippen LogP contribution in [0.2, 0.25) is 0 Å². The van der Waals surface area contributed by atoms with Gasteiger partial charge in [-0.1, -0.05) is 36.4 Å². The molecule has 0 saturated carbocycles. The number of amides is 2. The molecule has 0 unspecified atom stereocenters. The zero-order valence-corrected chi connectivity index (χ0v) is 17.6. The summed E-state index contributed by atoms with van der Waals surface area (Å²) in [5.41, 5.74) is 1.10. The summed E-state index contributed by atoms with van der Waals surface area (Å²) in [4.78, 5) is 28.5. The van der Waals surface area contributed by atoms with Crippen LogP contribution in [-0.2, 0) is 9.59 Å². The minimum absolute atomic E-state index is 0.0738. The Balaban J connectivity index is 1.30. The van der Waals surface area contributed by atoms with Crippen molar-refractivity contribution in [1.29, 1.82) is 0 Å². The fourth-order valence-electron chi connectivity index (χ4n) is 3.42. The highest BCUT2D eigenvalue weighted by atomic mass is 16.5. The number of benzene rings is 2. The lowest BCUT2D eigenvalue weighted by atomic mass is 10.2. The molecule has 0 N–H and O–H groups in total. The lowest BCUT2D eigenvalue weighted by Crippen LogP contribution is -2.50. The van der Waals surface area contributed by atoms with Crippen LogP contribution in [0.25, 0.3) is 0 Å². The number of carbonyl (C=O) groups excluding carboxylic acids is 2. The van der Waals surface area contributed by atoms with E-state index >= 15 is 0 Å². The molecule has 0 aliphatic carbocycles. The monoisotopic (exact) mass is 410 g/mol. The zero-order valence-electron chi connectivity index (χ0n) is 17.6. The van der Waals surface area contributed by atoms with Gasteiger partial charge in [0.25, 0.3) is 0 Å². The van der Waals surface area contributed by atoms with E-state index in [4.69, 9.17) is 9.47 Å². The van der Waals surface area contributed by atoms with E-state index in [0.717, 1.165) is 17.1 Å². The van der Waals surface area contributed by atoms with Gasteiger partial charge in [0.05, 0.1) is 19.6 Å². The Morgan fingerprint density at radius 1 is 0.767 bits per heavy atom. The summed E-state index contributed by atoms with van der Waals surface area (Å²) >= 11 is 0. The Morgan fingerprint density at radius 2 is 1.37 bits per heavy atom. The van der Waals surface area contributed by atoms with Gasteiger partial charge in [0, 0.05) is 32.6 Å². The molecule has 1 heterocycles. The summed E-state index contributed by atoms with van der Waals surface area (Å²) in [6.07, 6.45) is 1.49. The minimum atomic E-state index is 0.0738. The van der Waals surface area contributed by atoms with Gasteiger partial charge in [-0.15, -0.1) is 0 Å². The Labute approximate surface area is 178 Å². The molecule has 6 heteroatoms. The van der Waals surface area contributed by atoms with Crippen LogP contribution in [0.5, 0.6) is 11.5 Å². The SMILES string of the molecule is Cc1ccccc1OCCCC(=O)N1CCN(C(=O)CCOc2ccccc2)CC1. The van der Waals surface area contributed by atoms with E-state index in [1.807, 2.05) is 71.3 Å². The smallest absolute Gasteiger partial charge is 0.226 e. The van der Waals surface area contributed by atoms with Gasteiger partial charge in [-0.3, -0.25) is 9.59 Å². The maximum Gasteiger partial charge on any atom is 0.226 e. The summed E-state index contributed by atoms with van der Waals surface area (Å²) in [5, 5.41) is 0. The maximum atomic E-state index is 12.4. The predicted molar refractivity (Wildman–Crippen MR) is 116 cm³/mol.